The summed E-state index contributed by atoms with van der Waals surface area (Å²) < 4.78 is 0. The molecule has 0 saturated carbocycles. The van der Waals surface area contributed by atoms with Crippen molar-refractivity contribution in [3.63, 3.8) is 0 Å². The molecule has 0 unspecified atom stereocenters. The average Bonchev–Trinajstić information content (AvgIpc) is 2.86. The maximum absolute atomic E-state index is 12.5. The van der Waals surface area contributed by atoms with E-state index in [1.807, 2.05) is 50.2 Å². The van der Waals surface area contributed by atoms with Crippen molar-refractivity contribution in [2.24, 2.45) is 0 Å². The lowest BCUT2D eigenvalue weighted by atomic mass is 10.1. The minimum absolute atomic E-state index is 0.165. The van der Waals surface area contributed by atoms with Gasteiger partial charge in [-0.2, -0.15) is 0 Å². The molecule has 0 aliphatic carbocycles. The average molecular weight is 299 g/mol. The van der Waals surface area contributed by atoms with Crippen LogP contribution in [0.25, 0.3) is 10.9 Å². The molecular formula is C17H15ClN2O. The molecule has 3 aromatic rings. The van der Waals surface area contributed by atoms with Crippen LogP contribution in [0.15, 0.2) is 42.6 Å². The second kappa shape index (κ2) is 5.26. The summed E-state index contributed by atoms with van der Waals surface area (Å²) in [6, 6.07) is 11.6. The number of anilines is 1. The largest absolute Gasteiger partial charge is 0.360 e. The zero-order chi connectivity index (χ0) is 15.0. The van der Waals surface area contributed by atoms with Gasteiger partial charge in [0.05, 0.1) is 16.3 Å². The molecule has 0 spiro atoms. The van der Waals surface area contributed by atoms with E-state index in [0.717, 1.165) is 22.0 Å². The predicted molar refractivity (Wildman–Crippen MR) is 87.2 cm³/mol. The highest BCUT2D eigenvalue weighted by molar-refractivity contribution is 6.34. The summed E-state index contributed by atoms with van der Waals surface area (Å²) >= 11 is 6.24. The fraction of sp³-hybridized carbons (Fsp3) is 0.118. The number of fused-ring (bicyclic) bond motifs is 1. The van der Waals surface area contributed by atoms with E-state index in [4.69, 9.17) is 11.6 Å². The number of hydrogen-bond acceptors (Lipinski definition) is 1. The fourth-order valence-corrected chi connectivity index (χ4v) is 2.88. The van der Waals surface area contributed by atoms with Gasteiger partial charge in [0, 0.05) is 17.1 Å². The van der Waals surface area contributed by atoms with Crippen LogP contribution in [0.3, 0.4) is 0 Å². The SMILES string of the molecule is Cc1cc(C)c(NC(=O)c2c[nH]c3ccccc23)c(Cl)c1. The maximum atomic E-state index is 12.5. The number of aromatic amines is 1. The van der Waals surface area contributed by atoms with Gasteiger partial charge in [-0.05, 0) is 37.1 Å². The molecule has 0 atom stereocenters. The molecule has 3 nitrogen and oxygen atoms in total. The van der Waals surface area contributed by atoms with E-state index in [2.05, 4.69) is 10.3 Å². The lowest BCUT2D eigenvalue weighted by Gasteiger charge is -2.11. The third kappa shape index (κ3) is 2.52. The van der Waals surface area contributed by atoms with Crippen molar-refractivity contribution < 1.29 is 4.79 Å². The number of carbonyl (C=O) groups is 1. The highest BCUT2D eigenvalue weighted by Gasteiger charge is 2.14. The molecule has 1 amide bonds. The van der Waals surface area contributed by atoms with Gasteiger partial charge in [-0.3, -0.25) is 4.79 Å². The van der Waals surface area contributed by atoms with E-state index < -0.39 is 0 Å². The Morgan fingerprint density at radius 3 is 2.71 bits per heavy atom. The van der Waals surface area contributed by atoms with Crippen LogP contribution in [0.4, 0.5) is 5.69 Å². The Hall–Kier alpha value is -2.26. The Morgan fingerprint density at radius 1 is 1.19 bits per heavy atom. The summed E-state index contributed by atoms with van der Waals surface area (Å²) in [6.07, 6.45) is 1.72. The number of halogens is 1. The zero-order valence-electron chi connectivity index (χ0n) is 11.8. The summed E-state index contributed by atoms with van der Waals surface area (Å²) in [5.41, 5.74) is 4.24. The Labute approximate surface area is 127 Å². The van der Waals surface area contributed by atoms with Gasteiger partial charge in [-0.15, -0.1) is 0 Å². The number of H-pyrrole nitrogens is 1. The van der Waals surface area contributed by atoms with Crippen molar-refractivity contribution in [1.29, 1.82) is 0 Å². The molecule has 0 aliphatic heterocycles. The first-order valence-electron chi connectivity index (χ1n) is 6.70. The van der Waals surface area contributed by atoms with Crippen LogP contribution in [0.5, 0.6) is 0 Å². The van der Waals surface area contributed by atoms with Crippen LogP contribution in [-0.4, -0.2) is 10.9 Å². The third-order valence-electron chi connectivity index (χ3n) is 3.50. The number of aryl methyl sites for hydroxylation is 2. The van der Waals surface area contributed by atoms with Gasteiger partial charge < -0.3 is 10.3 Å². The first-order valence-corrected chi connectivity index (χ1v) is 7.08. The quantitative estimate of drug-likeness (QED) is 0.708. The van der Waals surface area contributed by atoms with Crippen molar-refractivity contribution in [2.75, 3.05) is 5.32 Å². The van der Waals surface area contributed by atoms with Crippen LogP contribution < -0.4 is 5.32 Å². The summed E-state index contributed by atoms with van der Waals surface area (Å²) in [4.78, 5) is 15.6. The lowest BCUT2D eigenvalue weighted by molar-refractivity contribution is 0.102. The Balaban J connectivity index is 1.97. The smallest absolute Gasteiger partial charge is 0.257 e. The molecule has 0 bridgehead atoms. The number of aromatic nitrogens is 1. The van der Waals surface area contributed by atoms with E-state index >= 15 is 0 Å². The topological polar surface area (TPSA) is 44.9 Å². The number of hydrogen-bond donors (Lipinski definition) is 2. The predicted octanol–water partition coefficient (Wildman–Crippen LogP) is 4.69. The van der Waals surface area contributed by atoms with Crippen molar-refractivity contribution in [2.45, 2.75) is 13.8 Å². The first-order chi connectivity index (χ1) is 10.1. The molecule has 0 saturated heterocycles. The molecule has 0 radical (unpaired) electrons. The second-order valence-corrected chi connectivity index (χ2v) is 5.55. The summed E-state index contributed by atoms with van der Waals surface area (Å²) in [5, 5.41) is 4.36. The Bertz CT molecular complexity index is 813. The number of para-hydroxylation sites is 1. The monoisotopic (exact) mass is 298 g/mol. The molecule has 2 aromatic carbocycles. The third-order valence-corrected chi connectivity index (χ3v) is 3.80. The highest BCUT2D eigenvalue weighted by Crippen LogP contribution is 2.28. The molecule has 0 fully saturated rings. The fourth-order valence-electron chi connectivity index (χ4n) is 2.51. The van der Waals surface area contributed by atoms with Crippen molar-refractivity contribution in [3.05, 3.63) is 64.3 Å². The van der Waals surface area contributed by atoms with Crippen molar-refractivity contribution in [3.8, 4) is 0 Å². The van der Waals surface area contributed by atoms with Crippen LogP contribution in [0.2, 0.25) is 5.02 Å². The number of benzene rings is 2. The van der Waals surface area contributed by atoms with E-state index in [-0.39, 0.29) is 5.91 Å². The Kier molecular flexibility index (Phi) is 3.43. The standard InChI is InChI=1S/C17H15ClN2O/c1-10-7-11(2)16(14(18)8-10)20-17(21)13-9-19-15-6-4-3-5-12(13)15/h3-9,19H,1-2H3,(H,20,21). The molecule has 21 heavy (non-hydrogen) atoms. The summed E-state index contributed by atoms with van der Waals surface area (Å²) in [6.45, 7) is 3.91. The minimum atomic E-state index is -0.165. The normalized spacial score (nSPS) is 10.8. The molecule has 106 valence electrons. The van der Waals surface area contributed by atoms with Gasteiger partial charge in [0.1, 0.15) is 0 Å². The number of nitrogens with one attached hydrogen (secondary N) is 2. The lowest BCUT2D eigenvalue weighted by Crippen LogP contribution is -2.12. The number of amides is 1. The van der Waals surface area contributed by atoms with E-state index in [1.165, 1.54) is 0 Å². The second-order valence-electron chi connectivity index (χ2n) is 5.14. The molecule has 2 N–H and O–H groups in total. The van der Waals surface area contributed by atoms with Crippen LogP contribution in [0, 0.1) is 13.8 Å². The molecule has 0 aliphatic rings. The van der Waals surface area contributed by atoms with E-state index in [1.54, 1.807) is 6.20 Å². The first kappa shape index (κ1) is 13.7. The van der Waals surface area contributed by atoms with Gasteiger partial charge in [0.2, 0.25) is 0 Å². The summed E-state index contributed by atoms with van der Waals surface area (Å²) in [5.74, 6) is -0.165. The molecular weight excluding hydrogens is 284 g/mol. The minimum Gasteiger partial charge on any atom is -0.360 e. The molecule has 1 heterocycles. The van der Waals surface area contributed by atoms with Crippen LogP contribution in [0.1, 0.15) is 21.5 Å². The highest BCUT2D eigenvalue weighted by atomic mass is 35.5. The van der Waals surface area contributed by atoms with Crippen LogP contribution >= 0.6 is 11.6 Å². The van der Waals surface area contributed by atoms with Crippen molar-refractivity contribution >= 4 is 34.1 Å². The van der Waals surface area contributed by atoms with E-state index in [0.29, 0.717) is 16.3 Å². The summed E-state index contributed by atoms with van der Waals surface area (Å²) in [7, 11) is 0. The van der Waals surface area contributed by atoms with Gasteiger partial charge >= 0.3 is 0 Å². The van der Waals surface area contributed by atoms with Gasteiger partial charge in [-0.1, -0.05) is 35.9 Å². The van der Waals surface area contributed by atoms with Crippen LogP contribution in [-0.2, 0) is 0 Å². The number of carbonyl (C=O) groups excluding carboxylic acids is 1. The molecule has 4 heteroatoms. The Morgan fingerprint density at radius 2 is 1.95 bits per heavy atom. The zero-order valence-corrected chi connectivity index (χ0v) is 12.6. The van der Waals surface area contributed by atoms with Crippen molar-refractivity contribution in [1.82, 2.24) is 4.98 Å². The van der Waals surface area contributed by atoms with Gasteiger partial charge in [-0.25, -0.2) is 0 Å². The van der Waals surface area contributed by atoms with Gasteiger partial charge in [0.25, 0.3) is 5.91 Å². The van der Waals surface area contributed by atoms with E-state index in [9.17, 15) is 4.79 Å². The molecule has 3 rings (SSSR count). The molecule has 1 aromatic heterocycles. The maximum Gasteiger partial charge on any atom is 0.257 e. The number of rotatable bonds is 2. The van der Waals surface area contributed by atoms with Gasteiger partial charge in [0.15, 0.2) is 0 Å².